The Morgan fingerprint density at radius 3 is 2.86 bits per heavy atom. The summed E-state index contributed by atoms with van der Waals surface area (Å²) in [5.74, 6) is 2.32. The number of nitrogens with zero attached hydrogens (tertiary/aromatic N) is 3. The summed E-state index contributed by atoms with van der Waals surface area (Å²) in [6.07, 6.45) is 7.33. The highest BCUT2D eigenvalue weighted by Crippen LogP contribution is 2.27. The van der Waals surface area contributed by atoms with E-state index in [-0.39, 0.29) is 6.10 Å². The lowest BCUT2D eigenvalue weighted by Gasteiger charge is -2.11. The van der Waals surface area contributed by atoms with E-state index in [2.05, 4.69) is 9.97 Å². The summed E-state index contributed by atoms with van der Waals surface area (Å²) in [5.41, 5.74) is 0.951. The van der Waals surface area contributed by atoms with E-state index in [4.69, 9.17) is 9.15 Å². The minimum atomic E-state index is 0.116. The van der Waals surface area contributed by atoms with Gasteiger partial charge in [0.2, 0.25) is 0 Å². The zero-order valence-corrected chi connectivity index (χ0v) is 12.1. The van der Waals surface area contributed by atoms with Gasteiger partial charge in [-0.15, -0.1) is 0 Å². The number of pyridine rings is 1. The Hall–Kier alpha value is -2.40. The van der Waals surface area contributed by atoms with Crippen LogP contribution in [0.1, 0.15) is 6.92 Å². The Labute approximate surface area is 123 Å². The van der Waals surface area contributed by atoms with Gasteiger partial charge < -0.3 is 13.7 Å². The fourth-order valence-electron chi connectivity index (χ4n) is 2.15. The number of methoxy groups -OCH3 is 1. The lowest BCUT2D eigenvalue weighted by molar-refractivity contribution is 0.103. The molecule has 21 heavy (non-hydrogen) atoms. The van der Waals surface area contributed by atoms with Gasteiger partial charge in [-0.3, -0.25) is 4.98 Å². The van der Waals surface area contributed by atoms with Crippen LogP contribution in [0.15, 0.2) is 53.5 Å². The Bertz CT molecular complexity index is 703. The Kier molecular flexibility index (Phi) is 3.83. The van der Waals surface area contributed by atoms with Crippen LogP contribution in [0.25, 0.3) is 22.9 Å². The molecule has 5 heteroatoms. The number of imidazole rings is 1. The number of furan rings is 1. The molecule has 108 valence electrons. The van der Waals surface area contributed by atoms with Crippen molar-refractivity contribution >= 4 is 0 Å². The number of rotatable bonds is 5. The number of hydrogen-bond acceptors (Lipinski definition) is 4. The predicted molar refractivity (Wildman–Crippen MR) is 79.6 cm³/mol. The first kappa shape index (κ1) is 13.6. The van der Waals surface area contributed by atoms with Crippen LogP contribution >= 0.6 is 0 Å². The van der Waals surface area contributed by atoms with E-state index in [1.54, 1.807) is 25.7 Å². The van der Waals surface area contributed by atoms with Crippen LogP contribution in [-0.4, -0.2) is 27.7 Å². The highest BCUT2D eigenvalue weighted by molar-refractivity contribution is 5.60. The predicted octanol–water partition coefficient (Wildman–Crippen LogP) is 3.24. The Morgan fingerprint density at radius 2 is 2.10 bits per heavy atom. The first-order chi connectivity index (χ1) is 10.3. The minimum Gasteiger partial charge on any atom is -0.453 e. The van der Waals surface area contributed by atoms with E-state index in [0.717, 1.165) is 29.5 Å². The SMILES string of the molecule is COC(C)Cn1ccnc1-c1ccc(-c2cccnc2)o1. The van der Waals surface area contributed by atoms with Crippen molar-refractivity contribution in [2.24, 2.45) is 0 Å². The minimum absolute atomic E-state index is 0.116. The molecule has 0 aliphatic heterocycles. The molecule has 0 aliphatic carbocycles. The molecule has 1 atom stereocenters. The lowest BCUT2D eigenvalue weighted by atomic mass is 10.2. The van der Waals surface area contributed by atoms with Gasteiger partial charge in [0, 0.05) is 37.5 Å². The van der Waals surface area contributed by atoms with Gasteiger partial charge in [-0.2, -0.15) is 0 Å². The zero-order valence-electron chi connectivity index (χ0n) is 12.1. The third kappa shape index (κ3) is 2.87. The van der Waals surface area contributed by atoms with Gasteiger partial charge in [-0.05, 0) is 31.2 Å². The quantitative estimate of drug-likeness (QED) is 0.721. The van der Waals surface area contributed by atoms with Crippen LogP contribution in [0.4, 0.5) is 0 Å². The second kappa shape index (κ2) is 5.93. The van der Waals surface area contributed by atoms with Gasteiger partial charge in [0.15, 0.2) is 11.6 Å². The third-order valence-corrected chi connectivity index (χ3v) is 3.34. The summed E-state index contributed by atoms with van der Waals surface area (Å²) in [4.78, 5) is 8.48. The van der Waals surface area contributed by atoms with E-state index < -0.39 is 0 Å². The maximum absolute atomic E-state index is 5.91. The highest BCUT2D eigenvalue weighted by Gasteiger charge is 2.13. The molecule has 0 saturated carbocycles. The van der Waals surface area contributed by atoms with Crippen LogP contribution in [0.2, 0.25) is 0 Å². The van der Waals surface area contributed by atoms with Crippen LogP contribution in [-0.2, 0) is 11.3 Å². The maximum Gasteiger partial charge on any atom is 0.176 e. The third-order valence-electron chi connectivity index (χ3n) is 3.34. The molecule has 0 fully saturated rings. The van der Waals surface area contributed by atoms with E-state index in [9.17, 15) is 0 Å². The van der Waals surface area contributed by atoms with Crippen molar-refractivity contribution in [2.75, 3.05) is 7.11 Å². The molecule has 1 unspecified atom stereocenters. The van der Waals surface area contributed by atoms with Crippen LogP contribution < -0.4 is 0 Å². The molecule has 0 spiro atoms. The van der Waals surface area contributed by atoms with Crippen molar-refractivity contribution in [1.82, 2.24) is 14.5 Å². The molecule has 3 aromatic heterocycles. The first-order valence-electron chi connectivity index (χ1n) is 6.82. The fraction of sp³-hybridized carbons (Fsp3) is 0.250. The van der Waals surface area contributed by atoms with Crippen LogP contribution in [0, 0.1) is 0 Å². The van der Waals surface area contributed by atoms with Crippen LogP contribution in [0.5, 0.6) is 0 Å². The van der Waals surface area contributed by atoms with E-state index in [0.29, 0.717) is 0 Å². The molecule has 0 amide bonds. The topological polar surface area (TPSA) is 53.1 Å². The van der Waals surface area contributed by atoms with Gasteiger partial charge >= 0.3 is 0 Å². The fourth-order valence-corrected chi connectivity index (χ4v) is 2.15. The molecule has 3 heterocycles. The number of hydrogen-bond donors (Lipinski definition) is 0. The lowest BCUT2D eigenvalue weighted by Crippen LogP contribution is -2.14. The molecule has 0 bridgehead atoms. The molecule has 0 aliphatic rings. The van der Waals surface area contributed by atoms with Gasteiger partial charge in [0.1, 0.15) is 5.76 Å². The summed E-state index contributed by atoms with van der Waals surface area (Å²) >= 11 is 0. The van der Waals surface area contributed by atoms with Crippen molar-refractivity contribution in [3.05, 3.63) is 49.1 Å². The standard InChI is InChI=1S/C16H17N3O2/c1-12(20-2)11-19-9-8-18-16(19)15-6-5-14(21-15)13-4-3-7-17-10-13/h3-10,12H,11H2,1-2H3. The van der Waals surface area contributed by atoms with Crippen molar-refractivity contribution in [3.63, 3.8) is 0 Å². The second-order valence-corrected chi connectivity index (χ2v) is 4.86. The first-order valence-corrected chi connectivity index (χ1v) is 6.82. The molecule has 0 saturated heterocycles. The molecule has 0 aromatic carbocycles. The Morgan fingerprint density at radius 1 is 1.24 bits per heavy atom. The van der Waals surface area contributed by atoms with Crippen molar-refractivity contribution in [3.8, 4) is 22.9 Å². The zero-order chi connectivity index (χ0) is 14.7. The van der Waals surface area contributed by atoms with E-state index >= 15 is 0 Å². The molecular formula is C16H17N3O2. The Balaban J connectivity index is 1.89. The summed E-state index contributed by atoms with van der Waals surface area (Å²) in [7, 11) is 1.70. The number of ether oxygens (including phenoxy) is 1. The van der Waals surface area contributed by atoms with E-state index in [1.165, 1.54) is 0 Å². The average molecular weight is 283 g/mol. The average Bonchev–Trinajstić information content (AvgIpc) is 3.16. The molecule has 3 aromatic rings. The van der Waals surface area contributed by atoms with E-state index in [1.807, 2.05) is 42.0 Å². The van der Waals surface area contributed by atoms with Gasteiger partial charge in [0.05, 0.1) is 12.6 Å². The van der Waals surface area contributed by atoms with Gasteiger partial charge in [0.25, 0.3) is 0 Å². The maximum atomic E-state index is 5.91. The molecular weight excluding hydrogens is 266 g/mol. The molecule has 5 nitrogen and oxygen atoms in total. The van der Waals surface area contributed by atoms with Gasteiger partial charge in [-0.1, -0.05) is 0 Å². The summed E-state index contributed by atoms with van der Waals surface area (Å²) in [6, 6.07) is 7.72. The smallest absolute Gasteiger partial charge is 0.176 e. The van der Waals surface area contributed by atoms with Crippen molar-refractivity contribution in [1.29, 1.82) is 0 Å². The second-order valence-electron chi connectivity index (χ2n) is 4.86. The molecule has 3 rings (SSSR count). The number of aromatic nitrogens is 3. The summed E-state index contributed by atoms with van der Waals surface area (Å²) in [6.45, 7) is 2.75. The van der Waals surface area contributed by atoms with Crippen molar-refractivity contribution < 1.29 is 9.15 Å². The normalized spacial score (nSPS) is 12.5. The van der Waals surface area contributed by atoms with Crippen molar-refractivity contribution in [2.45, 2.75) is 19.6 Å². The van der Waals surface area contributed by atoms with Gasteiger partial charge in [-0.25, -0.2) is 4.98 Å². The van der Waals surface area contributed by atoms with Crippen LogP contribution in [0.3, 0.4) is 0 Å². The summed E-state index contributed by atoms with van der Waals surface area (Å²) < 4.78 is 13.2. The monoisotopic (exact) mass is 283 g/mol. The molecule has 0 radical (unpaired) electrons. The largest absolute Gasteiger partial charge is 0.453 e. The summed E-state index contributed by atoms with van der Waals surface area (Å²) in [5, 5.41) is 0. The molecule has 0 N–H and O–H groups in total. The highest BCUT2D eigenvalue weighted by atomic mass is 16.5.